The van der Waals surface area contributed by atoms with Crippen molar-refractivity contribution >= 4 is 28.2 Å². The first kappa shape index (κ1) is 25.1. The zero-order valence-electron chi connectivity index (χ0n) is 21.8. The van der Waals surface area contributed by atoms with Crippen LogP contribution in [-0.4, -0.2) is 36.7 Å². The fraction of sp³-hybridized carbons (Fsp3) is 0.233. The van der Waals surface area contributed by atoms with Gasteiger partial charge >= 0.3 is 0 Å². The van der Waals surface area contributed by atoms with Crippen LogP contribution in [-0.2, 0) is 21.5 Å². The Kier molecular flexibility index (Phi) is 5.98. The summed E-state index contributed by atoms with van der Waals surface area (Å²) in [5.74, 6) is -1.68. The third kappa shape index (κ3) is 3.55. The molecule has 0 fully saturated rings. The Labute approximate surface area is 219 Å². The van der Waals surface area contributed by atoms with Gasteiger partial charge in [-0.3, -0.25) is 14.4 Å². The Morgan fingerprint density at radius 1 is 1.16 bits per heavy atom. The molecule has 1 heterocycles. The molecule has 3 N–H and O–H groups in total. The Morgan fingerprint density at radius 2 is 1.89 bits per heavy atom. The molecule has 0 aromatic heterocycles. The molecule has 3 aromatic rings. The number of hydrogen-bond acceptors (Lipinski definition) is 7. The molecule has 1 aliphatic carbocycles. The van der Waals surface area contributed by atoms with E-state index >= 15 is 0 Å². The van der Waals surface area contributed by atoms with Gasteiger partial charge in [0.15, 0.2) is 17.3 Å². The van der Waals surface area contributed by atoms with Crippen LogP contribution in [0.2, 0.25) is 0 Å². The highest BCUT2D eigenvalue weighted by Crippen LogP contribution is 2.56. The zero-order valence-corrected chi connectivity index (χ0v) is 21.8. The SMILES string of the molecule is CNC(C)=C1C(=O)C=C2Oc3c(C(=O)NCc4c(C)ccc5ccccc45)c(OC)cc(O)c3[C@]2(C)C1=O. The third-order valence-electron chi connectivity index (χ3n) is 7.52. The molecule has 0 radical (unpaired) electrons. The van der Waals surface area contributed by atoms with Gasteiger partial charge in [0.25, 0.3) is 5.91 Å². The van der Waals surface area contributed by atoms with Crippen molar-refractivity contribution in [1.82, 2.24) is 10.6 Å². The highest BCUT2D eigenvalue weighted by atomic mass is 16.5. The lowest BCUT2D eigenvalue weighted by molar-refractivity contribution is -0.123. The van der Waals surface area contributed by atoms with E-state index in [0.29, 0.717) is 5.70 Å². The second-order valence-corrected chi connectivity index (χ2v) is 9.62. The van der Waals surface area contributed by atoms with Crippen LogP contribution in [0.1, 0.15) is 40.9 Å². The minimum atomic E-state index is -1.49. The number of carbonyl (C=O) groups is 3. The van der Waals surface area contributed by atoms with Gasteiger partial charge in [0.05, 0.1) is 18.2 Å². The number of rotatable bonds is 5. The van der Waals surface area contributed by atoms with Crippen molar-refractivity contribution in [2.45, 2.75) is 32.7 Å². The summed E-state index contributed by atoms with van der Waals surface area (Å²) >= 11 is 0. The molecule has 1 amide bonds. The maximum Gasteiger partial charge on any atom is 0.259 e. The van der Waals surface area contributed by atoms with Crippen LogP contribution in [0.4, 0.5) is 0 Å². The first-order valence-electron chi connectivity index (χ1n) is 12.2. The molecule has 0 saturated carbocycles. The number of methoxy groups -OCH3 is 1. The van der Waals surface area contributed by atoms with Crippen molar-refractivity contribution in [3.05, 3.63) is 87.8 Å². The molecule has 1 atom stereocenters. The van der Waals surface area contributed by atoms with Crippen molar-refractivity contribution in [2.75, 3.05) is 14.2 Å². The Bertz CT molecular complexity index is 1620. The Morgan fingerprint density at radius 3 is 2.61 bits per heavy atom. The van der Waals surface area contributed by atoms with Gasteiger partial charge < -0.3 is 25.2 Å². The molecular formula is C30H28N2O6. The summed E-state index contributed by atoms with van der Waals surface area (Å²) in [4.78, 5) is 40.2. The van der Waals surface area contributed by atoms with Crippen LogP contribution < -0.4 is 20.1 Å². The van der Waals surface area contributed by atoms with Crippen LogP contribution in [0, 0.1) is 6.92 Å². The number of phenols is 1. The predicted octanol–water partition coefficient (Wildman–Crippen LogP) is 3.97. The summed E-state index contributed by atoms with van der Waals surface area (Å²) in [5, 5.41) is 18.9. The maximum atomic E-state index is 13.7. The van der Waals surface area contributed by atoms with Gasteiger partial charge in [-0.1, -0.05) is 36.4 Å². The molecule has 8 heteroatoms. The minimum Gasteiger partial charge on any atom is -0.507 e. The first-order chi connectivity index (χ1) is 18.1. The minimum absolute atomic E-state index is 0.00717. The molecule has 38 heavy (non-hydrogen) atoms. The molecule has 1 aliphatic heterocycles. The summed E-state index contributed by atoms with van der Waals surface area (Å²) < 4.78 is 11.5. The fourth-order valence-electron chi connectivity index (χ4n) is 5.29. The second-order valence-electron chi connectivity index (χ2n) is 9.62. The monoisotopic (exact) mass is 512 g/mol. The maximum absolute atomic E-state index is 13.7. The molecule has 3 aromatic carbocycles. The van der Waals surface area contributed by atoms with Crippen molar-refractivity contribution in [3.8, 4) is 17.2 Å². The van der Waals surface area contributed by atoms with Crippen molar-refractivity contribution in [2.24, 2.45) is 0 Å². The average molecular weight is 513 g/mol. The van der Waals surface area contributed by atoms with E-state index in [1.165, 1.54) is 19.3 Å². The van der Waals surface area contributed by atoms with E-state index in [1.807, 2.05) is 43.3 Å². The number of benzene rings is 3. The summed E-state index contributed by atoms with van der Waals surface area (Å²) in [6, 6.07) is 13.3. The molecule has 2 aliphatic rings. The number of hydrogen-bond donors (Lipinski definition) is 3. The Balaban J connectivity index is 1.60. The molecule has 0 spiro atoms. The van der Waals surface area contributed by atoms with E-state index in [2.05, 4.69) is 10.6 Å². The summed E-state index contributed by atoms with van der Waals surface area (Å²) in [6.07, 6.45) is 1.24. The van der Waals surface area contributed by atoms with Gasteiger partial charge in [-0.15, -0.1) is 0 Å². The van der Waals surface area contributed by atoms with E-state index in [0.717, 1.165) is 21.9 Å². The van der Waals surface area contributed by atoms with E-state index in [-0.39, 0.29) is 46.3 Å². The van der Waals surface area contributed by atoms with Crippen molar-refractivity contribution < 1.29 is 29.0 Å². The van der Waals surface area contributed by atoms with E-state index < -0.39 is 22.9 Å². The largest absolute Gasteiger partial charge is 0.507 e. The standard InChI is InChI=1S/C30H28N2O6/c1-15-10-11-17-8-6-7-9-18(17)19(15)14-32-29(36)25-22(37-5)12-21(34)26-27(25)38-23-13-20(33)24(16(2)31-4)28(35)30(23,26)3/h6-13,31,34H,14H2,1-5H3,(H,32,36)/t30-/m1/s1. The average Bonchev–Trinajstić information content (AvgIpc) is 3.21. The lowest BCUT2D eigenvalue weighted by atomic mass is 9.70. The second kappa shape index (κ2) is 9.06. The number of allylic oxidation sites excluding steroid dienone is 4. The number of nitrogens with one attached hydrogen (secondary N) is 2. The third-order valence-corrected chi connectivity index (χ3v) is 7.52. The predicted molar refractivity (Wildman–Crippen MR) is 142 cm³/mol. The van der Waals surface area contributed by atoms with Gasteiger partial charge in [0.2, 0.25) is 0 Å². The highest BCUT2D eigenvalue weighted by Gasteiger charge is 2.56. The van der Waals surface area contributed by atoms with Crippen molar-refractivity contribution in [3.63, 3.8) is 0 Å². The number of Topliss-reactive ketones (excluding diaryl/α,β-unsaturated/α-hetero) is 1. The molecule has 0 unspecified atom stereocenters. The first-order valence-corrected chi connectivity index (χ1v) is 12.2. The smallest absolute Gasteiger partial charge is 0.259 e. The molecule has 0 saturated heterocycles. The summed E-state index contributed by atoms with van der Waals surface area (Å²) in [7, 11) is 2.99. The van der Waals surface area contributed by atoms with Gasteiger partial charge in [-0.05, 0) is 42.7 Å². The van der Waals surface area contributed by atoms with E-state index in [4.69, 9.17) is 9.47 Å². The molecule has 8 nitrogen and oxygen atoms in total. The normalized spacial score (nSPS) is 19.3. The van der Waals surface area contributed by atoms with Gasteiger partial charge in [-0.2, -0.15) is 0 Å². The van der Waals surface area contributed by atoms with Crippen LogP contribution in [0.3, 0.4) is 0 Å². The molecule has 0 bridgehead atoms. The number of aromatic hydroxyl groups is 1. The van der Waals surface area contributed by atoms with Crippen LogP contribution in [0.15, 0.2) is 65.6 Å². The molecular weight excluding hydrogens is 484 g/mol. The van der Waals surface area contributed by atoms with Crippen molar-refractivity contribution in [1.29, 1.82) is 0 Å². The number of phenolic OH excluding ortho intramolecular Hbond substituents is 1. The highest BCUT2D eigenvalue weighted by molar-refractivity contribution is 6.31. The summed E-state index contributed by atoms with van der Waals surface area (Å²) in [6.45, 7) is 5.42. The van der Waals surface area contributed by atoms with Crippen LogP contribution >= 0.6 is 0 Å². The van der Waals surface area contributed by atoms with Gasteiger partial charge in [-0.25, -0.2) is 0 Å². The topological polar surface area (TPSA) is 114 Å². The Hall–Kier alpha value is -4.59. The number of fused-ring (bicyclic) bond motifs is 4. The lowest BCUT2D eigenvalue weighted by Gasteiger charge is -2.28. The summed E-state index contributed by atoms with van der Waals surface area (Å²) in [5.41, 5.74) is 1.03. The molecule has 5 rings (SSSR count). The van der Waals surface area contributed by atoms with Crippen LogP contribution in [0.5, 0.6) is 17.2 Å². The van der Waals surface area contributed by atoms with E-state index in [1.54, 1.807) is 20.9 Å². The van der Waals surface area contributed by atoms with E-state index in [9.17, 15) is 19.5 Å². The van der Waals surface area contributed by atoms with Crippen LogP contribution in [0.25, 0.3) is 10.8 Å². The quantitative estimate of drug-likeness (QED) is 0.350. The number of amides is 1. The lowest BCUT2D eigenvalue weighted by Crippen LogP contribution is -2.41. The number of carbonyl (C=O) groups excluding carboxylic acids is 3. The van der Waals surface area contributed by atoms with Gasteiger partial charge in [0, 0.05) is 31.4 Å². The zero-order chi connectivity index (χ0) is 27.4. The molecule has 194 valence electrons. The number of ether oxygens (including phenoxy) is 2. The number of aryl methyl sites for hydroxylation is 1. The van der Waals surface area contributed by atoms with Gasteiger partial charge in [0.1, 0.15) is 28.2 Å². The fourth-order valence-corrected chi connectivity index (χ4v) is 5.29. The number of ketones is 2.